The molecule has 4 rings (SSSR count). The molecule has 1 N–H and O–H groups in total. The summed E-state index contributed by atoms with van der Waals surface area (Å²) in [6.07, 6.45) is 4.65. The lowest BCUT2D eigenvalue weighted by Gasteiger charge is -2.33. The van der Waals surface area contributed by atoms with Gasteiger partial charge in [0.2, 0.25) is 11.8 Å². The van der Waals surface area contributed by atoms with Crippen LogP contribution in [0.15, 0.2) is 30.3 Å². The summed E-state index contributed by atoms with van der Waals surface area (Å²) < 4.78 is 0. The Bertz CT molecular complexity index is 689. The van der Waals surface area contributed by atoms with Crippen molar-refractivity contribution in [2.45, 2.75) is 56.8 Å². The highest BCUT2D eigenvalue weighted by Gasteiger charge is 2.44. The molecule has 2 amide bonds. The van der Waals surface area contributed by atoms with Gasteiger partial charge in [0.1, 0.15) is 6.04 Å². The van der Waals surface area contributed by atoms with E-state index in [9.17, 15) is 9.59 Å². The number of likely N-dealkylation sites (N-methyl/N-ethyl adjacent to an activating group) is 1. The van der Waals surface area contributed by atoms with E-state index in [1.807, 2.05) is 11.0 Å². The van der Waals surface area contributed by atoms with Crippen LogP contribution in [-0.2, 0) is 16.1 Å². The molecule has 0 saturated carbocycles. The van der Waals surface area contributed by atoms with E-state index in [1.54, 1.807) is 0 Å². The highest BCUT2D eigenvalue weighted by Crippen LogP contribution is 2.28. The van der Waals surface area contributed by atoms with Gasteiger partial charge >= 0.3 is 0 Å². The van der Waals surface area contributed by atoms with Gasteiger partial charge in [-0.1, -0.05) is 30.3 Å². The van der Waals surface area contributed by atoms with Crippen LogP contribution >= 0.6 is 0 Å². The van der Waals surface area contributed by atoms with Gasteiger partial charge in [0, 0.05) is 51.2 Å². The first kappa shape index (κ1) is 19.4. The number of fused-ring (bicyclic) bond motifs is 1. The number of nitrogens with one attached hydrogen (secondary N) is 1. The Morgan fingerprint density at radius 1 is 1.14 bits per heavy atom. The predicted molar refractivity (Wildman–Crippen MR) is 109 cm³/mol. The SMILES string of the molecule is CN1[C@@H](CCC(=O)N2CCCC2)CNC(=O)[C@@H]2[C@H]1CCN2Cc1ccccc1. The molecule has 3 saturated heterocycles. The number of carbonyl (C=O) groups is 2. The molecular weight excluding hydrogens is 352 g/mol. The molecule has 1 aromatic carbocycles. The Labute approximate surface area is 167 Å². The molecule has 3 aliphatic heterocycles. The molecule has 6 heteroatoms. The highest BCUT2D eigenvalue weighted by molar-refractivity contribution is 5.83. The molecule has 0 spiro atoms. The van der Waals surface area contributed by atoms with Gasteiger partial charge in [0.15, 0.2) is 0 Å². The third kappa shape index (κ3) is 4.08. The maximum atomic E-state index is 12.9. The molecule has 0 aromatic heterocycles. The summed E-state index contributed by atoms with van der Waals surface area (Å²) >= 11 is 0. The fourth-order valence-corrected chi connectivity index (χ4v) is 5.06. The molecule has 1 aromatic rings. The number of nitrogens with zero attached hydrogens (tertiary/aromatic N) is 3. The van der Waals surface area contributed by atoms with E-state index < -0.39 is 0 Å². The Hall–Kier alpha value is -1.92. The lowest BCUT2D eigenvalue weighted by Crippen LogP contribution is -2.49. The number of hydrogen-bond acceptors (Lipinski definition) is 4. The number of carbonyl (C=O) groups excluding carboxylic acids is 2. The lowest BCUT2D eigenvalue weighted by molar-refractivity contribution is -0.130. The third-order valence-electron chi connectivity index (χ3n) is 6.73. The molecule has 0 unspecified atom stereocenters. The Morgan fingerprint density at radius 3 is 2.64 bits per heavy atom. The molecule has 0 bridgehead atoms. The zero-order chi connectivity index (χ0) is 19.5. The van der Waals surface area contributed by atoms with Crippen molar-refractivity contribution in [1.29, 1.82) is 0 Å². The number of likely N-dealkylation sites (tertiary alicyclic amines) is 2. The largest absolute Gasteiger partial charge is 0.353 e. The van der Waals surface area contributed by atoms with Crippen molar-refractivity contribution >= 4 is 11.8 Å². The van der Waals surface area contributed by atoms with Gasteiger partial charge in [-0.15, -0.1) is 0 Å². The van der Waals surface area contributed by atoms with Crippen molar-refractivity contribution in [3.05, 3.63) is 35.9 Å². The quantitative estimate of drug-likeness (QED) is 0.835. The molecule has 3 fully saturated rings. The smallest absolute Gasteiger partial charge is 0.239 e. The van der Waals surface area contributed by atoms with E-state index in [-0.39, 0.29) is 29.9 Å². The maximum Gasteiger partial charge on any atom is 0.239 e. The van der Waals surface area contributed by atoms with Crippen LogP contribution in [0.2, 0.25) is 0 Å². The van der Waals surface area contributed by atoms with Crippen molar-refractivity contribution in [1.82, 2.24) is 20.0 Å². The summed E-state index contributed by atoms with van der Waals surface area (Å²) in [7, 11) is 2.13. The maximum absolute atomic E-state index is 12.9. The summed E-state index contributed by atoms with van der Waals surface area (Å²) in [6, 6.07) is 10.7. The van der Waals surface area contributed by atoms with Crippen LogP contribution in [0.3, 0.4) is 0 Å². The van der Waals surface area contributed by atoms with Crippen LogP contribution in [-0.4, -0.2) is 77.9 Å². The van der Waals surface area contributed by atoms with E-state index in [1.165, 1.54) is 5.56 Å². The van der Waals surface area contributed by atoms with E-state index in [0.717, 1.165) is 51.9 Å². The minimum absolute atomic E-state index is 0.107. The molecule has 152 valence electrons. The lowest BCUT2D eigenvalue weighted by atomic mass is 10.0. The van der Waals surface area contributed by atoms with Crippen LogP contribution in [0.4, 0.5) is 0 Å². The van der Waals surface area contributed by atoms with Crippen molar-refractivity contribution in [3.8, 4) is 0 Å². The molecule has 3 heterocycles. The van der Waals surface area contributed by atoms with Gasteiger partial charge in [-0.2, -0.15) is 0 Å². The van der Waals surface area contributed by atoms with Crippen LogP contribution in [0.25, 0.3) is 0 Å². The number of benzene rings is 1. The first-order valence-corrected chi connectivity index (χ1v) is 10.7. The minimum Gasteiger partial charge on any atom is -0.353 e. The van der Waals surface area contributed by atoms with E-state index in [2.05, 4.69) is 46.4 Å². The van der Waals surface area contributed by atoms with Gasteiger partial charge in [-0.3, -0.25) is 19.4 Å². The fraction of sp³-hybridized carbons (Fsp3) is 0.636. The molecule has 3 aliphatic rings. The molecule has 0 radical (unpaired) electrons. The summed E-state index contributed by atoms with van der Waals surface area (Å²) in [6.45, 7) is 4.20. The van der Waals surface area contributed by atoms with Gasteiger partial charge in [0.05, 0.1) is 0 Å². The number of amides is 2. The average molecular weight is 385 g/mol. The first-order valence-electron chi connectivity index (χ1n) is 10.7. The standard InChI is InChI=1S/C22H32N4O2/c1-24-18(9-10-20(27)25-12-5-6-13-25)15-23-22(28)21-19(24)11-14-26(21)16-17-7-3-2-4-8-17/h2-4,7-8,18-19,21H,5-6,9-16H2,1H3,(H,23,28)/t18-,19+,21-/m0/s1. The third-order valence-corrected chi connectivity index (χ3v) is 6.73. The van der Waals surface area contributed by atoms with Crippen LogP contribution in [0.1, 0.15) is 37.7 Å². The molecule has 3 atom stereocenters. The van der Waals surface area contributed by atoms with Crippen molar-refractivity contribution in [2.24, 2.45) is 0 Å². The Kier molecular flexibility index (Phi) is 5.97. The molecule has 0 aliphatic carbocycles. The highest BCUT2D eigenvalue weighted by atomic mass is 16.2. The zero-order valence-corrected chi connectivity index (χ0v) is 16.8. The van der Waals surface area contributed by atoms with E-state index >= 15 is 0 Å². The Morgan fingerprint density at radius 2 is 1.89 bits per heavy atom. The topological polar surface area (TPSA) is 55.9 Å². The number of hydrogen-bond donors (Lipinski definition) is 1. The second-order valence-electron chi connectivity index (χ2n) is 8.45. The van der Waals surface area contributed by atoms with Gasteiger partial charge in [-0.05, 0) is 38.3 Å². The second kappa shape index (κ2) is 8.62. The normalized spacial score (nSPS) is 28.8. The van der Waals surface area contributed by atoms with Crippen LogP contribution in [0.5, 0.6) is 0 Å². The van der Waals surface area contributed by atoms with Gasteiger partial charge in [-0.25, -0.2) is 0 Å². The Balaban J connectivity index is 1.39. The van der Waals surface area contributed by atoms with Crippen LogP contribution < -0.4 is 5.32 Å². The fourth-order valence-electron chi connectivity index (χ4n) is 5.06. The predicted octanol–water partition coefficient (Wildman–Crippen LogP) is 1.46. The van der Waals surface area contributed by atoms with E-state index in [4.69, 9.17) is 0 Å². The monoisotopic (exact) mass is 384 g/mol. The zero-order valence-electron chi connectivity index (χ0n) is 16.8. The molecule has 28 heavy (non-hydrogen) atoms. The van der Waals surface area contributed by atoms with Crippen LogP contribution in [0, 0.1) is 0 Å². The summed E-state index contributed by atoms with van der Waals surface area (Å²) in [4.78, 5) is 32.0. The summed E-state index contributed by atoms with van der Waals surface area (Å²) in [5.74, 6) is 0.411. The molecule has 6 nitrogen and oxygen atoms in total. The number of rotatable bonds is 5. The molecular formula is C22H32N4O2. The summed E-state index contributed by atoms with van der Waals surface area (Å²) in [5.41, 5.74) is 1.25. The van der Waals surface area contributed by atoms with Gasteiger partial charge < -0.3 is 10.2 Å². The minimum atomic E-state index is -0.107. The first-order chi connectivity index (χ1) is 13.6. The van der Waals surface area contributed by atoms with Gasteiger partial charge in [0.25, 0.3) is 0 Å². The van der Waals surface area contributed by atoms with E-state index in [0.29, 0.717) is 13.0 Å². The average Bonchev–Trinajstić information content (AvgIpc) is 3.36. The summed E-state index contributed by atoms with van der Waals surface area (Å²) in [5, 5.41) is 3.16. The van der Waals surface area contributed by atoms with Crippen molar-refractivity contribution < 1.29 is 9.59 Å². The van der Waals surface area contributed by atoms with Crippen molar-refractivity contribution in [2.75, 3.05) is 33.2 Å². The second-order valence-corrected chi connectivity index (χ2v) is 8.45. The van der Waals surface area contributed by atoms with Crippen molar-refractivity contribution in [3.63, 3.8) is 0 Å².